The second-order valence-corrected chi connectivity index (χ2v) is 6.92. The van der Waals surface area contributed by atoms with Gasteiger partial charge in [0.2, 0.25) is 0 Å². The third kappa shape index (κ3) is 3.91. The molecule has 0 saturated heterocycles. The van der Waals surface area contributed by atoms with E-state index in [9.17, 15) is 9.59 Å². The highest BCUT2D eigenvalue weighted by Gasteiger charge is 2.32. The molecule has 1 amide bonds. The molecule has 6 nitrogen and oxygen atoms in total. The van der Waals surface area contributed by atoms with Gasteiger partial charge >= 0.3 is 6.09 Å². The molecule has 1 aromatic carbocycles. The van der Waals surface area contributed by atoms with Gasteiger partial charge in [0.05, 0.1) is 6.20 Å². The maximum Gasteiger partial charge on any atom is 0.415 e. The number of carbonyl (C=O) groups excluding carboxylic acids is 1. The van der Waals surface area contributed by atoms with E-state index in [1.54, 1.807) is 10.6 Å². The van der Waals surface area contributed by atoms with Crippen molar-refractivity contribution >= 4 is 11.8 Å². The minimum Gasteiger partial charge on any atom is -0.444 e. The summed E-state index contributed by atoms with van der Waals surface area (Å²) in [5, 5.41) is 0. The molecule has 0 bridgehead atoms. The number of allylic oxidation sites excluding steroid dienone is 1. The molecule has 3 rings (SSSR count). The average Bonchev–Trinajstić information content (AvgIpc) is 3.02. The van der Waals surface area contributed by atoms with Crippen LogP contribution in [0.5, 0.6) is 0 Å². The van der Waals surface area contributed by atoms with Crippen LogP contribution in [0, 0.1) is 0 Å². The third-order valence-corrected chi connectivity index (χ3v) is 4.91. The van der Waals surface area contributed by atoms with Crippen molar-refractivity contribution in [1.82, 2.24) is 9.55 Å². The van der Waals surface area contributed by atoms with E-state index in [0.717, 1.165) is 24.2 Å². The molecule has 0 N–H and O–H groups in total. The first-order valence-electron chi connectivity index (χ1n) is 9.38. The van der Waals surface area contributed by atoms with E-state index >= 15 is 0 Å². The number of fused-ring (bicyclic) bond motifs is 1. The molecule has 0 radical (unpaired) electrons. The van der Waals surface area contributed by atoms with Gasteiger partial charge in [-0.05, 0) is 25.3 Å². The molecule has 1 aliphatic heterocycles. The maximum atomic E-state index is 13.1. The number of benzene rings is 1. The van der Waals surface area contributed by atoms with Crippen molar-refractivity contribution in [3.05, 3.63) is 83.6 Å². The van der Waals surface area contributed by atoms with E-state index in [0.29, 0.717) is 0 Å². The lowest BCUT2D eigenvalue weighted by atomic mass is 10.0. The Hall–Kier alpha value is -3.15. The molecule has 2 heterocycles. The first-order valence-corrected chi connectivity index (χ1v) is 9.38. The minimum atomic E-state index is -0.600. The molecule has 0 saturated carbocycles. The van der Waals surface area contributed by atoms with Crippen molar-refractivity contribution in [1.29, 1.82) is 0 Å². The summed E-state index contributed by atoms with van der Waals surface area (Å²) in [6.45, 7) is 9.76. The van der Waals surface area contributed by atoms with Gasteiger partial charge in [0.25, 0.3) is 5.56 Å². The fraction of sp³-hybridized carbons (Fsp3) is 0.318. The van der Waals surface area contributed by atoms with Crippen molar-refractivity contribution in [2.45, 2.75) is 38.3 Å². The van der Waals surface area contributed by atoms with Gasteiger partial charge in [0.15, 0.2) is 0 Å². The van der Waals surface area contributed by atoms with Crippen LogP contribution in [0.1, 0.15) is 43.1 Å². The molecule has 0 fully saturated rings. The first-order chi connectivity index (χ1) is 13.6. The normalized spacial score (nSPS) is 17.6. The Kier molecular flexibility index (Phi) is 6.09. The van der Waals surface area contributed by atoms with E-state index < -0.39 is 6.09 Å². The Morgan fingerprint density at radius 2 is 2.07 bits per heavy atom. The molecular weight excluding hydrogens is 354 g/mol. The van der Waals surface area contributed by atoms with E-state index in [4.69, 9.17) is 4.74 Å². The Balaban J connectivity index is 1.87. The fourth-order valence-electron chi connectivity index (χ4n) is 3.61. The monoisotopic (exact) mass is 379 g/mol. The molecule has 1 aromatic heterocycles. The summed E-state index contributed by atoms with van der Waals surface area (Å²) in [7, 11) is 0. The van der Waals surface area contributed by atoms with Crippen molar-refractivity contribution in [3.8, 4) is 0 Å². The summed E-state index contributed by atoms with van der Waals surface area (Å²) in [6, 6.07) is 9.42. The van der Waals surface area contributed by atoms with Gasteiger partial charge in [-0.25, -0.2) is 9.78 Å². The number of nitrogens with zero attached hydrogens (tertiary/aromatic N) is 3. The Morgan fingerprint density at radius 3 is 2.75 bits per heavy atom. The van der Waals surface area contributed by atoms with E-state index in [1.165, 1.54) is 11.1 Å². The third-order valence-electron chi connectivity index (χ3n) is 4.91. The molecule has 28 heavy (non-hydrogen) atoms. The maximum absolute atomic E-state index is 13.1. The van der Waals surface area contributed by atoms with Gasteiger partial charge in [-0.3, -0.25) is 14.3 Å². The van der Waals surface area contributed by atoms with Gasteiger partial charge in [-0.1, -0.05) is 42.5 Å². The molecule has 0 spiro atoms. The quantitative estimate of drug-likeness (QED) is 0.677. The molecule has 1 aliphatic rings. The number of aromatic nitrogens is 2. The van der Waals surface area contributed by atoms with Crippen LogP contribution in [0.25, 0.3) is 0 Å². The average molecular weight is 379 g/mol. The van der Waals surface area contributed by atoms with E-state index in [-0.39, 0.29) is 36.4 Å². The molecule has 0 aliphatic carbocycles. The number of rotatable bonds is 7. The highest BCUT2D eigenvalue weighted by molar-refractivity contribution is 5.87. The molecule has 2 unspecified atom stereocenters. The van der Waals surface area contributed by atoms with Crippen LogP contribution in [0.15, 0.2) is 66.6 Å². The summed E-state index contributed by atoms with van der Waals surface area (Å²) >= 11 is 0. The van der Waals surface area contributed by atoms with Gasteiger partial charge < -0.3 is 4.74 Å². The standard InChI is InChI=1S/C22H25N3O3/c1-4-9-18-13-16(3)25-20(18)23-14-19(21(25)26)24(12-5-2)22(27)28-15-17-10-7-6-8-11-17/h4-8,10-11,14,16,18H,1-2,9,12-13,15H2,3H3. The molecule has 6 heteroatoms. The van der Waals surface area contributed by atoms with Crippen LogP contribution in [0.4, 0.5) is 10.5 Å². The van der Waals surface area contributed by atoms with Crippen LogP contribution in [-0.4, -0.2) is 22.2 Å². The van der Waals surface area contributed by atoms with Gasteiger partial charge in [-0.2, -0.15) is 0 Å². The number of ether oxygens (including phenoxy) is 1. The zero-order valence-electron chi connectivity index (χ0n) is 16.1. The second-order valence-electron chi connectivity index (χ2n) is 6.92. The van der Waals surface area contributed by atoms with Crippen LogP contribution >= 0.6 is 0 Å². The Labute approximate surface area is 164 Å². The predicted molar refractivity (Wildman–Crippen MR) is 110 cm³/mol. The zero-order valence-corrected chi connectivity index (χ0v) is 16.1. The highest BCUT2D eigenvalue weighted by atomic mass is 16.6. The van der Waals surface area contributed by atoms with Crippen LogP contribution in [-0.2, 0) is 11.3 Å². The van der Waals surface area contributed by atoms with Crippen molar-refractivity contribution < 1.29 is 9.53 Å². The summed E-state index contributed by atoms with van der Waals surface area (Å²) in [4.78, 5) is 31.6. The van der Waals surface area contributed by atoms with E-state index in [1.807, 2.05) is 43.3 Å². The Bertz CT molecular complexity index is 920. The number of carbonyl (C=O) groups is 1. The van der Waals surface area contributed by atoms with Crippen molar-refractivity contribution in [2.75, 3.05) is 11.4 Å². The molecule has 2 atom stereocenters. The second kappa shape index (κ2) is 8.69. The number of hydrogen-bond donors (Lipinski definition) is 0. The molecular formula is C22H25N3O3. The Morgan fingerprint density at radius 1 is 1.32 bits per heavy atom. The van der Waals surface area contributed by atoms with Crippen LogP contribution in [0.3, 0.4) is 0 Å². The smallest absolute Gasteiger partial charge is 0.415 e. The van der Waals surface area contributed by atoms with Gasteiger partial charge in [-0.15, -0.1) is 13.2 Å². The lowest BCUT2D eigenvalue weighted by molar-refractivity contribution is 0.147. The zero-order chi connectivity index (χ0) is 20.1. The minimum absolute atomic E-state index is 0.0193. The van der Waals surface area contributed by atoms with Crippen molar-refractivity contribution in [2.24, 2.45) is 0 Å². The highest BCUT2D eigenvalue weighted by Crippen LogP contribution is 2.35. The molecule has 146 valence electrons. The van der Waals surface area contributed by atoms with Crippen LogP contribution < -0.4 is 10.5 Å². The largest absolute Gasteiger partial charge is 0.444 e. The van der Waals surface area contributed by atoms with Crippen molar-refractivity contribution in [3.63, 3.8) is 0 Å². The molecule has 2 aromatic rings. The number of amides is 1. The fourth-order valence-corrected chi connectivity index (χ4v) is 3.61. The number of hydrogen-bond acceptors (Lipinski definition) is 4. The first kappa shape index (κ1) is 19.6. The summed E-state index contributed by atoms with van der Waals surface area (Å²) in [5.74, 6) is 0.921. The van der Waals surface area contributed by atoms with E-state index in [2.05, 4.69) is 18.1 Å². The topological polar surface area (TPSA) is 64.4 Å². The predicted octanol–water partition coefficient (Wildman–Crippen LogP) is 4.20. The summed E-state index contributed by atoms with van der Waals surface area (Å²) in [6.07, 6.45) is 5.87. The van der Waals surface area contributed by atoms with Gasteiger partial charge in [0, 0.05) is 18.5 Å². The van der Waals surface area contributed by atoms with Crippen LogP contribution in [0.2, 0.25) is 0 Å². The lowest BCUT2D eigenvalue weighted by Crippen LogP contribution is -2.38. The summed E-state index contributed by atoms with van der Waals surface area (Å²) in [5.41, 5.74) is 0.842. The number of anilines is 1. The lowest BCUT2D eigenvalue weighted by Gasteiger charge is -2.21. The van der Waals surface area contributed by atoms with Gasteiger partial charge in [0.1, 0.15) is 18.1 Å². The SMILES string of the molecule is C=CCC1CC(C)n2c1ncc(N(CC=C)C(=O)OCc1ccccc1)c2=O. The summed E-state index contributed by atoms with van der Waals surface area (Å²) < 4.78 is 7.09.